The molecule has 4 heteroatoms. The lowest BCUT2D eigenvalue weighted by Crippen LogP contribution is -2.24. The summed E-state index contributed by atoms with van der Waals surface area (Å²) in [6.45, 7) is 8.48. The van der Waals surface area contributed by atoms with Gasteiger partial charge in [0.05, 0.1) is 11.4 Å². The quantitative estimate of drug-likeness (QED) is 0.699. The predicted molar refractivity (Wildman–Crippen MR) is 66.1 cm³/mol. The molecule has 0 aromatic heterocycles. The average molecular weight is 285 g/mol. The van der Waals surface area contributed by atoms with Gasteiger partial charge in [-0.25, -0.2) is 4.21 Å². The average Bonchev–Trinajstić information content (AvgIpc) is 2.02. The van der Waals surface area contributed by atoms with Gasteiger partial charge in [-0.3, -0.25) is 4.18 Å². The zero-order valence-corrected chi connectivity index (χ0v) is 11.9. The maximum absolute atomic E-state index is 11.5. The normalized spacial score (nSPS) is 16.6. The van der Waals surface area contributed by atoms with E-state index in [1.165, 1.54) is 0 Å². The summed E-state index contributed by atoms with van der Waals surface area (Å²) < 4.78 is 16.5. The lowest BCUT2D eigenvalue weighted by molar-refractivity contribution is 0.326. The van der Waals surface area contributed by atoms with E-state index in [0.717, 1.165) is 19.3 Å². The summed E-state index contributed by atoms with van der Waals surface area (Å²) in [6, 6.07) is 0. The molecule has 0 rings (SSSR count). The van der Waals surface area contributed by atoms with Crippen LogP contribution >= 0.6 is 15.9 Å². The summed E-state index contributed by atoms with van der Waals surface area (Å²) in [7, 11) is 0. The Bertz CT molecular complexity index is 177. The molecule has 0 saturated carbocycles. The van der Waals surface area contributed by atoms with E-state index < -0.39 is 11.1 Å². The van der Waals surface area contributed by atoms with Crippen molar-refractivity contribution in [3.63, 3.8) is 0 Å². The maximum atomic E-state index is 11.5. The van der Waals surface area contributed by atoms with Crippen LogP contribution in [-0.2, 0) is 15.3 Å². The minimum Gasteiger partial charge on any atom is -0.290 e. The molecule has 0 heterocycles. The molecule has 2 atom stereocenters. The topological polar surface area (TPSA) is 26.3 Å². The molecule has 0 aliphatic carbocycles. The van der Waals surface area contributed by atoms with Crippen LogP contribution in [0.4, 0.5) is 0 Å². The van der Waals surface area contributed by atoms with Crippen molar-refractivity contribution in [2.75, 3.05) is 6.61 Å². The first-order valence-electron chi connectivity index (χ1n) is 5.07. The predicted octanol–water partition coefficient (Wildman–Crippen LogP) is 3.42. The third kappa shape index (κ3) is 6.96. The largest absolute Gasteiger partial charge is 0.290 e. The number of alkyl halides is 1. The van der Waals surface area contributed by atoms with E-state index in [0.29, 0.717) is 11.4 Å². The van der Waals surface area contributed by atoms with E-state index in [4.69, 9.17) is 4.18 Å². The number of hydrogen-bond acceptors (Lipinski definition) is 2. The number of halogens is 1. The molecule has 0 radical (unpaired) electrons. The fourth-order valence-electron chi connectivity index (χ4n) is 0.886. The minimum absolute atomic E-state index is 0.271. The Morgan fingerprint density at radius 2 is 1.93 bits per heavy atom. The highest BCUT2D eigenvalue weighted by Gasteiger charge is 2.20. The van der Waals surface area contributed by atoms with Crippen LogP contribution in [0.25, 0.3) is 0 Å². The summed E-state index contributed by atoms with van der Waals surface area (Å²) in [6.07, 6.45) is 3.24. The van der Waals surface area contributed by atoms with Crippen molar-refractivity contribution < 1.29 is 8.39 Å². The first-order valence-corrected chi connectivity index (χ1v) is 7.06. The van der Waals surface area contributed by atoms with Gasteiger partial charge in [-0.1, -0.05) is 29.3 Å². The summed E-state index contributed by atoms with van der Waals surface area (Å²) in [5.41, 5.74) is 0. The molecule has 0 N–H and O–H groups in total. The summed E-state index contributed by atoms with van der Waals surface area (Å²) in [5.74, 6) is 0. The second-order valence-electron chi connectivity index (χ2n) is 4.34. The van der Waals surface area contributed by atoms with Crippen molar-refractivity contribution in [3.05, 3.63) is 0 Å². The Balaban J connectivity index is 3.59. The summed E-state index contributed by atoms with van der Waals surface area (Å²) in [4.78, 5) is 0.490. The van der Waals surface area contributed by atoms with Crippen LogP contribution in [0.15, 0.2) is 0 Å². The van der Waals surface area contributed by atoms with Gasteiger partial charge in [-0.15, -0.1) is 0 Å². The molecule has 0 aromatic rings. The van der Waals surface area contributed by atoms with E-state index >= 15 is 0 Å². The smallest absolute Gasteiger partial charge is 0.160 e. The molecule has 2 unspecified atom stereocenters. The van der Waals surface area contributed by atoms with Crippen molar-refractivity contribution in [1.82, 2.24) is 0 Å². The van der Waals surface area contributed by atoms with Crippen LogP contribution < -0.4 is 0 Å². The Labute approximate surface area is 98.6 Å². The molecule has 0 aliphatic heterocycles. The van der Waals surface area contributed by atoms with Gasteiger partial charge in [0.25, 0.3) is 0 Å². The molecular formula is C10H21BrO2S. The van der Waals surface area contributed by atoms with Crippen LogP contribution in [0.1, 0.15) is 47.0 Å². The molecule has 14 heavy (non-hydrogen) atoms. The molecule has 0 fully saturated rings. The highest BCUT2D eigenvalue weighted by atomic mass is 79.9. The Morgan fingerprint density at radius 3 is 2.36 bits per heavy atom. The van der Waals surface area contributed by atoms with Crippen LogP contribution in [-0.4, -0.2) is 20.4 Å². The van der Waals surface area contributed by atoms with Crippen LogP contribution in [0.5, 0.6) is 0 Å². The zero-order valence-electron chi connectivity index (χ0n) is 9.51. The fourth-order valence-corrected chi connectivity index (χ4v) is 2.13. The summed E-state index contributed by atoms with van der Waals surface area (Å²) >= 11 is 2.38. The van der Waals surface area contributed by atoms with Crippen molar-refractivity contribution in [2.24, 2.45) is 0 Å². The minimum atomic E-state index is -1.18. The van der Waals surface area contributed by atoms with E-state index in [2.05, 4.69) is 22.9 Å². The van der Waals surface area contributed by atoms with Gasteiger partial charge >= 0.3 is 0 Å². The monoisotopic (exact) mass is 284 g/mol. The molecule has 0 saturated heterocycles. The lowest BCUT2D eigenvalue weighted by atomic mass is 10.2. The zero-order chi connectivity index (χ0) is 11.2. The second-order valence-corrected chi connectivity index (χ2v) is 7.57. The highest BCUT2D eigenvalue weighted by molar-refractivity contribution is 9.09. The van der Waals surface area contributed by atoms with E-state index in [1.807, 2.05) is 20.8 Å². The third-order valence-corrected chi connectivity index (χ3v) is 4.02. The Morgan fingerprint density at radius 1 is 1.36 bits per heavy atom. The Hall–Kier alpha value is 0.590. The van der Waals surface area contributed by atoms with Crippen LogP contribution in [0.3, 0.4) is 0 Å². The van der Waals surface area contributed by atoms with Crippen molar-refractivity contribution in [3.8, 4) is 0 Å². The van der Waals surface area contributed by atoms with Gasteiger partial charge in [0, 0.05) is 4.83 Å². The molecule has 2 nitrogen and oxygen atoms in total. The van der Waals surface area contributed by atoms with Crippen molar-refractivity contribution >= 4 is 27.0 Å². The van der Waals surface area contributed by atoms with Gasteiger partial charge in [0.15, 0.2) is 11.1 Å². The van der Waals surface area contributed by atoms with E-state index in [-0.39, 0.29) is 4.75 Å². The third-order valence-electron chi connectivity index (χ3n) is 1.72. The molecule has 0 aromatic carbocycles. The molecule has 0 aliphatic rings. The first-order chi connectivity index (χ1) is 6.38. The standard InChI is InChI=1S/C10H21BrO2S/c1-5-6-9(11)7-8-13-14(12)10(2,3)4/h9H,5-8H2,1-4H3. The molecule has 86 valence electrons. The molecule has 0 bridgehead atoms. The van der Waals surface area contributed by atoms with Crippen LogP contribution in [0.2, 0.25) is 0 Å². The van der Waals surface area contributed by atoms with Crippen LogP contribution in [0, 0.1) is 0 Å². The molecular weight excluding hydrogens is 264 g/mol. The molecule has 0 amide bonds. The van der Waals surface area contributed by atoms with Gasteiger partial charge in [-0.2, -0.15) is 0 Å². The maximum Gasteiger partial charge on any atom is 0.160 e. The second kappa shape index (κ2) is 6.96. The Kier molecular flexibility index (Phi) is 7.26. The first kappa shape index (κ1) is 14.6. The lowest BCUT2D eigenvalue weighted by Gasteiger charge is -2.17. The highest BCUT2D eigenvalue weighted by Crippen LogP contribution is 2.15. The van der Waals surface area contributed by atoms with Gasteiger partial charge in [0.2, 0.25) is 0 Å². The van der Waals surface area contributed by atoms with Gasteiger partial charge in [0.1, 0.15) is 0 Å². The van der Waals surface area contributed by atoms with Crippen molar-refractivity contribution in [1.29, 1.82) is 0 Å². The number of hydrogen-bond donors (Lipinski definition) is 0. The van der Waals surface area contributed by atoms with Gasteiger partial charge in [-0.05, 0) is 33.6 Å². The van der Waals surface area contributed by atoms with E-state index in [1.54, 1.807) is 0 Å². The summed E-state index contributed by atoms with van der Waals surface area (Å²) in [5, 5.41) is 0. The van der Waals surface area contributed by atoms with E-state index in [9.17, 15) is 4.21 Å². The number of rotatable bonds is 6. The molecule has 0 spiro atoms. The SMILES string of the molecule is CCCC(Br)CCOS(=O)C(C)(C)C. The van der Waals surface area contributed by atoms with Gasteiger partial charge < -0.3 is 0 Å². The fraction of sp³-hybridized carbons (Fsp3) is 1.00. The van der Waals surface area contributed by atoms with Crippen molar-refractivity contribution in [2.45, 2.75) is 56.5 Å².